The predicted octanol–water partition coefficient (Wildman–Crippen LogP) is 3.83. The van der Waals surface area contributed by atoms with E-state index in [1.807, 2.05) is 25.1 Å². The van der Waals surface area contributed by atoms with E-state index in [2.05, 4.69) is 32.0 Å². The van der Waals surface area contributed by atoms with Gasteiger partial charge in [0, 0.05) is 5.56 Å². The molecule has 2 aromatic rings. The number of hydrogen-bond donors (Lipinski definition) is 1. The molecule has 0 saturated heterocycles. The molecule has 0 bridgehead atoms. The number of hydrogen-bond acceptors (Lipinski definition) is 2. The fraction of sp³-hybridized carbons (Fsp3) is 0.235. The molecular formula is C17H19NOS. The first-order valence-corrected chi connectivity index (χ1v) is 6.97. The molecule has 0 saturated carbocycles. The molecule has 2 N–H and O–H groups in total. The van der Waals surface area contributed by atoms with E-state index < -0.39 is 0 Å². The molecule has 0 spiro atoms. The van der Waals surface area contributed by atoms with Crippen LogP contribution in [0, 0.1) is 20.8 Å². The Kier molecular flexibility index (Phi) is 4.40. The van der Waals surface area contributed by atoms with Crippen LogP contribution in [0.5, 0.6) is 5.75 Å². The Labute approximate surface area is 125 Å². The Morgan fingerprint density at radius 3 is 2.45 bits per heavy atom. The maximum absolute atomic E-state index is 5.93. The summed E-state index contributed by atoms with van der Waals surface area (Å²) in [7, 11) is 0. The molecule has 0 aliphatic rings. The van der Waals surface area contributed by atoms with Crippen LogP contribution in [0.4, 0.5) is 0 Å². The van der Waals surface area contributed by atoms with E-state index >= 15 is 0 Å². The van der Waals surface area contributed by atoms with Gasteiger partial charge in [0.25, 0.3) is 0 Å². The highest BCUT2D eigenvalue weighted by Crippen LogP contribution is 2.22. The summed E-state index contributed by atoms with van der Waals surface area (Å²) in [4.78, 5) is 0.390. The Morgan fingerprint density at radius 2 is 1.75 bits per heavy atom. The van der Waals surface area contributed by atoms with Gasteiger partial charge in [-0.05, 0) is 43.5 Å². The quantitative estimate of drug-likeness (QED) is 0.867. The van der Waals surface area contributed by atoms with Gasteiger partial charge in [-0.1, -0.05) is 48.1 Å². The molecule has 0 aliphatic heterocycles. The summed E-state index contributed by atoms with van der Waals surface area (Å²) in [6, 6.07) is 12.2. The minimum Gasteiger partial charge on any atom is -0.489 e. The molecule has 3 heteroatoms. The lowest BCUT2D eigenvalue weighted by molar-refractivity contribution is 0.303. The summed E-state index contributed by atoms with van der Waals surface area (Å²) in [6.45, 7) is 6.75. The highest BCUT2D eigenvalue weighted by atomic mass is 32.1. The first-order valence-electron chi connectivity index (χ1n) is 6.57. The molecule has 20 heavy (non-hydrogen) atoms. The average Bonchev–Trinajstić information content (AvgIpc) is 2.41. The van der Waals surface area contributed by atoms with Crippen LogP contribution in [0.15, 0.2) is 36.4 Å². The zero-order valence-corrected chi connectivity index (χ0v) is 12.9. The van der Waals surface area contributed by atoms with E-state index in [-0.39, 0.29) is 0 Å². The van der Waals surface area contributed by atoms with Crippen LogP contribution in [0.2, 0.25) is 0 Å². The van der Waals surface area contributed by atoms with Crippen molar-refractivity contribution in [3.05, 3.63) is 64.2 Å². The Morgan fingerprint density at radius 1 is 1.05 bits per heavy atom. The third kappa shape index (κ3) is 3.36. The second-order valence-electron chi connectivity index (χ2n) is 5.06. The molecule has 0 atom stereocenters. The fourth-order valence-electron chi connectivity index (χ4n) is 2.02. The van der Waals surface area contributed by atoms with Crippen LogP contribution in [-0.2, 0) is 6.61 Å². The molecule has 0 amide bonds. The summed E-state index contributed by atoms with van der Waals surface area (Å²) in [6.07, 6.45) is 0. The molecule has 0 aromatic heterocycles. The Bertz CT molecular complexity index is 649. The first-order chi connectivity index (χ1) is 9.47. The smallest absolute Gasteiger partial charge is 0.123 e. The van der Waals surface area contributed by atoms with E-state index in [0.717, 1.165) is 16.9 Å². The van der Waals surface area contributed by atoms with Gasteiger partial charge in [0.15, 0.2) is 0 Å². The largest absolute Gasteiger partial charge is 0.489 e. The van der Waals surface area contributed by atoms with Crippen molar-refractivity contribution >= 4 is 17.2 Å². The lowest BCUT2D eigenvalue weighted by atomic mass is 10.1. The van der Waals surface area contributed by atoms with Gasteiger partial charge in [0.2, 0.25) is 0 Å². The molecule has 0 aliphatic carbocycles. The van der Waals surface area contributed by atoms with E-state index in [1.165, 1.54) is 16.7 Å². The van der Waals surface area contributed by atoms with Gasteiger partial charge in [0.1, 0.15) is 17.3 Å². The highest BCUT2D eigenvalue weighted by Gasteiger charge is 2.05. The second-order valence-corrected chi connectivity index (χ2v) is 5.50. The molecule has 0 fully saturated rings. The first kappa shape index (κ1) is 14.5. The molecule has 0 unspecified atom stereocenters. The minimum atomic E-state index is 0.390. The number of ether oxygens (including phenoxy) is 1. The van der Waals surface area contributed by atoms with Crippen LogP contribution in [-0.4, -0.2) is 4.99 Å². The third-order valence-electron chi connectivity index (χ3n) is 3.36. The van der Waals surface area contributed by atoms with Crippen molar-refractivity contribution in [2.75, 3.05) is 0 Å². The van der Waals surface area contributed by atoms with E-state index in [4.69, 9.17) is 22.7 Å². The summed E-state index contributed by atoms with van der Waals surface area (Å²) in [5, 5.41) is 0. The standard InChI is InChI=1S/C17H19NOS/c1-11-4-5-12(2)15(8-11)10-19-16-9-14(17(18)20)7-6-13(16)3/h4-9H,10H2,1-3H3,(H2,18,20). The van der Waals surface area contributed by atoms with Crippen LogP contribution in [0.25, 0.3) is 0 Å². The monoisotopic (exact) mass is 285 g/mol. The molecule has 2 nitrogen and oxygen atoms in total. The summed E-state index contributed by atoms with van der Waals surface area (Å²) in [5.74, 6) is 0.830. The topological polar surface area (TPSA) is 35.2 Å². The summed E-state index contributed by atoms with van der Waals surface area (Å²) < 4.78 is 5.93. The lowest BCUT2D eigenvalue weighted by Crippen LogP contribution is -2.10. The SMILES string of the molecule is Cc1ccc(C)c(COc2cc(C(N)=S)ccc2C)c1. The number of nitrogens with two attached hydrogens (primary N) is 1. The van der Waals surface area contributed by atoms with Crippen LogP contribution in [0.1, 0.15) is 27.8 Å². The zero-order valence-electron chi connectivity index (χ0n) is 12.1. The Balaban J connectivity index is 2.20. The molecule has 0 radical (unpaired) electrons. The van der Waals surface area contributed by atoms with Gasteiger partial charge in [-0.3, -0.25) is 0 Å². The summed E-state index contributed by atoms with van der Waals surface area (Å²) in [5.41, 5.74) is 11.2. The van der Waals surface area contributed by atoms with Gasteiger partial charge in [-0.15, -0.1) is 0 Å². The molecule has 2 rings (SSSR count). The summed E-state index contributed by atoms with van der Waals surface area (Å²) >= 11 is 5.00. The van der Waals surface area contributed by atoms with Crippen molar-refractivity contribution in [2.24, 2.45) is 5.73 Å². The second kappa shape index (κ2) is 6.06. The van der Waals surface area contributed by atoms with Gasteiger partial charge in [0.05, 0.1) is 0 Å². The van der Waals surface area contributed by atoms with Crippen molar-refractivity contribution in [1.82, 2.24) is 0 Å². The van der Waals surface area contributed by atoms with Crippen molar-refractivity contribution in [2.45, 2.75) is 27.4 Å². The molecule has 104 valence electrons. The normalized spacial score (nSPS) is 10.3. The predicted molar refractivity (Wildman–Crippen MR) is 87.3 cm³/mol. The number of thiocarbonyl (C=S) groups is 1. The third-order valence-corrected chi connectivity index (χ3v) is 3.60. The van der Waals surface area contributed by atoms with Gasteiger partial charge >= 0.3 is 0 Å². The van der Waals surface area contributed by atoms with Gasteiger partial charge in [-0.25, -0.2) is 0 Å². The Hall–Kier alpha value is -1.87. The van der Waals surface area contributed by atoms with Crippen molar-refractivity contribution in [3.8, 4) is 5.75 Å². The fourth-order valence-corrected chi connectivity index (χ4v) is 2.15. The van der Waals surface area contributed by atoms with Gasteiger partial charge < -0.3 is 10.5 Å². The van der Waals surface area contributed by atoms with E-state index in [9.17, 15) is 0 Å². The minimum absolute atomic E-state index is 0.390. The van der Waals surface area contributed by atoms with Crippen molar-refractivity contribution < 1.29 is 4.74 Å². The van der Waals surface area contributed by atoms with Crippen LogP contribution in [0.3, 0.4) is 0 Å². The maximum atomic E-state index is 5.93. The highest BCUT2D eigenvalue weighted by molar-refractivity contribution is 7.80. The van der Waals surface area contributed by atoms with E-state index in [0.29, 0.717) is 11.6 Å². The van der Waals surface area contributed by atoms with Crippen LogP contribution < -0.4 is 10.5 Å². The molecule has 2 aromatic carbocycles. The molecule has 0 heterocycles. The number of aryl methyl sites for hydroxylation is 3. The van der Waals surface area contributed by atoms with Gasteiger partial charge in [-0.2, -0.15) is 0 Å². The molecular weight excluding hydrogens is 266 g/mol. The lowest BCUT2D eigenvalue weighted by Gasteiger charge is -2.12. The van der Waals surface area contributed by atoms with Crippen molar-refractivity contribution in [3.63, 3.8) is 0 Å². The zero-order chi connectivity index (χ0) is 14.7. The number of rotatable bonds is 4. The van der Waals surface area contributed by atoms with Crippen LogP contribution >= 0.6 is 12.2 Å². The van der Waals surface area contributed by atoms with E-state index in [1.54, 1.807) is 0 Å². The number of benzene rings is 2. The average molecular weight is 285 g/mol. The van der Waals surface area contributed by atoms with Crippen molar-refractivity contribution in [1.29, 1.82) is 0 Å². The maximum Gasteiger partial charge on any atom is 0.123 e.